The minimum Gasteiger partial charge on any atom is -0.495 e. The van der Waals surface area contributed by atoms with Crippen LogP contribution in [0.4, 0.5) is 11.4 Å². The summed E-state index contributed by atoms with van der Waals surface area (Å²) in [5.41, 5.74) is 1.37. The van der Waals surface area contributed by atoms with Crippen molar-refractivity contribution in [1.29, 1.82) is 0 Å². The van der Waals surface area contributed by atoms with Crippen molar-refractivity contribution < 1.29 is 19.1 Å². The maximum absolute atomic E-state index is 12.2. The second kappa shape index (κ2) is 8.09. The van der Waals surface area contributed by atoms with Crippen molar-refractivity contribution in [3.63, 3.8) is 0 Å². The van der Waals surface area contributed by atoms with E-state index in [9.17, 15) is 9.59 Å². The van der Waals surface area contributed by atoms with Crippen LogP contribution in [0.1, 0.15) is 5.56 Å². The Morgan fingerprint density at radius 3 is 2.08 bits per heavy atom. The molecule has 0 aliphatic rings. The second-order valence-electron chi connectivity index (χ2n) is 5.01. The molecule has 6 nitrogen and oxygen atoms in total. The van der Waals surface area contributed by atoms with Crippen LogP contribution in [0.5, 0.6) is 11.5 Å². The van der Waals surface area contributed by atoms with E-state index in [4.69, 9.17) is 32.7 Å². The molecule has 2 aromatic carbocycles. The summed E-state index contributed by atoms with van der Waals surface area (Å²) in [4.78, 5) is 24.3. The lowest BCUT2D eigenvalue weighted by Gasteiger charge is -2.13. The van der Waals surface area contributed by atoms with Crippen molar-refractivity contribution in [3.8, 4) is 11.5 Å². The highest BCUT2D eigenvalue weighted by Gasteiger charge is 2.19. The number of halogens is 2. The number of amides is 2. The zero-order chi connectivity index (χ0) is 18.6. The van der Waals surface area contributed by atoms with Crippen molar-refractivity contribution in [2.75, 3.05) is 24.9 Å². The molecule has 0 spiro atoms. The number of anilines is 2. The molecule has 0 heterocycles. The lowest BCUT2D eigenvalue weighted by molar-refractivity contribution is -0.133. The first-order valence-corrected chi connectivity index (χ1v) is 7.92. The summed E-state index contributed by atoms with van der Waals surface area (Å²) >= 11 is 12.0. The van der Waals surface area contributed by atoms with Gasteiger partial charge in [0.15, 0.2) is 0 Å². The van der Waals surface area contributed by atoms with Crippen LogP contribution in [-0.4, -0.2) is 26.0 Å². The Hall–Kier alpha value is -2.44. The number of benzene rings is 2. The number of rotatable bonds is 4. The molecular formula is C17H16Cl2N2O4. The molecule has 25 heavy (non-hydrogen) atoms. The van der Waals surface area contributed by atoms with Crippen LogP contribution in [-0.2, 0) is 9.59 Å². The van der Waals surface area contributed by atoms with Gasteiger partial charge in [0, 0.05) is 22.8 Å². The molecule has 2 rings (SSSR count). The van der Waals surface area contributed by atoms with Gasteiger partial charge in [-0.15, -0.1) is 0 Å². The Bertz CT molecular complexity index is 825. The summed E-state index contributed by atoms with van der Waals surface area (Å²) in [6.07, 6.45) is 0. The molecule has 0 radical (unpaired) electrons. The number of carbonyl (C=O) groups is 2. The van der Waals surface area contributed by atoms with Gasteiger partial charge >= 0.3 is 11.8 Å². The van der Waals surface area contributed by atoms with Crippen molar-refractivity contribution in [2.24, 2.45) is 0 Å². The number of ether oxygens (including phenoxy) is 2. The fourth-order valence-electron chi connectivity index (χ4n) is 2.06. The highest BCUT2D eigenvalue weighted by Crippen LogP contribution is 2.35. The predicted molar refractivity (Wildman–Crippen MR) is 98.0 cm³/mol. The van der Waals surface area contributed by atoms with Gasteiger partial charge in [-0.1, -0.05) is 29.3 Å². The molecule has 132 valence electrons. The highest BCUT2D eigenvalue weighted by atomic mass is 35.5. The normalized spacial score (nSPS) is 10.1. The van der Waals surface area contributed by atoms with E-state index in [2.05, 4.69) is 10.6 Å². The van der Waals surface area contributed by atoms with Crippen molar-refractivity contribution >= 4 is 46.4 Å². The summed E-state index contributed by atoms with van der Waals surface area (Å²) in [6.45, 7) is 1.74. The number of methoxy groups -OCH3 is 2. The molecule has 8 heteroatoms. The molecule has 0 saturated carbocycles. The second-order valence-corrected chi connectivity index (χ2v) is 5.82. The van der Waals surface area contributed by atoms with Crippen LogP contribution in [0.25, 0.3) is 0 Å². The maximum atomic E-state index is 12.2. The molecule has 0 saturated heterocycles. The van der Waals surface area contributed by atoms with Gasteiger partial charge in [0.2, 0.25) is 0 Å². The Morgan fingerprint density at radius 2 is 1.48 bits per heavy atom. The van der Waals surface area contributed by atoms with Crippen LogP contribution in [0.15, 0.2) is 30.3 Å². The first-order valence-electron chi connectivity index (χ1n) is 7.16. The van der Waals surface area contributed by atoms with Gasteiger partial charge in [-0.2, -0.15) is 0 Å². The average Bonchev–Trinajstić information content (AvgIpc) is 2.59. The van der Waals surface area contributed by atoms with Crippen LogP contribution in [0.3, 0.4) is 0 Å². The number of hydrogen-bond acceptors (Lipinski definition) is 4. The Kier molecular flexibility index (Phi) is 6.12. The standard InChI is InChI=1S/C17H16Cl2N2O4/c1-9-10(18)5-4-6-12(9)20-16(22)17(23)21-13-8-14(24-2)11(19)7-15(13)25-3/h4-8H,1-3H3,(H,20,22)(H,21,23). The fourth-order valence-corrected chi connectivity index (χ4v) is 2.46. The summed E-state index contributed by atoms with van der Waals surface area (Å²) in [7, 11) is 2.86. The van der Waals surface area contributed by atoms with Crippen LogP contribution < -0.4 is 20.1 Å². The Labute approximate surface area is 155 Å². The summed E-state index contributed by atoms with van der Waals surface area (Å²) in [5, 5.41) is 5.79. The third-order valence-electron chi connectivity index (χ3n) is 3.44. The molecule has 2 N–H and O–H groups in total. The van der Waals surface area contributed by atoms with E-state index >= 15 is 0 Å². The van der Waals surface area contributed by atoms with E-state index in [-0.39, 0.29) is 5.69 Å². The fraction of sp³-hybridized carbons (Fsp3) is 0.176. The third-order valence-corrected chi connectivity index (χ3v) is 4.15. The molecular weight excluding hydrogens is 367 g/mol. The van der Waals surface area contributed by atoms with Crippen LogP contribution >= 0.6 is 23.2 Å². The van der Waals surface area contributed by atoms with Crippen molar-refractivity contribution in [1.82, 2.24) is 0 Å². The molecule has 0 aliphatic heterocycles. The third kappa shape index (κ3) is 4.35. The van der Waals surface area contributed by atoms with Crippen molar-refractivity contribution in [2.45, 2.75) is 6.92 Å². The number of carbonyl (C=O) groups excluding carboxylic acids is 2. The lowest BCUT2D eigenvalue weighted by atomic mass is 10.2. The monoisotopic (exact) mass is 382 g/mol. The molecule has 0 fully saturated rings. The number of hydrogen-bond donors (Lipinski definition) is 2. The van der Waals surface area contributed by atoms with Gasteiger partial charge in [-0.3, -0.25) is 9.59 Å². The van der Waals surface area contributed by atoms with Gasteiger partial charge in [-0.05, 0) is 24.6 Å². The van der Waals surface area contributed by atoms with E-state index in [0.29, 0.717) is 32.8 Å². The zero-order valence-corrected chi connectivity index (χ0v) is 15.3. The molecule has 0 bridgehead atoms. The quantitative estimate of drug-likeness (QED) is 0.786. The summed E-state index contributed by atoms with van der Waals surface area (Å²) < 4.78 is 10.3. The predicted octanol–water partition coefficient (Wildman–Crippen LogP) is 3.90. The first-order chi connectivity index (χ1) is 11.9. The molecule has 0 unspecified atom stereocenters. The first kappa shape index (κ1) is 18.9. The van der Waals surface area contributed by atoms with E-state index in [1.807, 2.05) is 0 Å². The molecule has 2 aromatic rings. The van der Waals surface area contributed by atoms with E-state index in [1.54, 1.807) is 25.1 Å². The van der Waals surface area contributed by atoms with Crippen LogP contribution in [0, 0.1) is 6.92 Å². The van der Waals surface area contributed by atoms with Gasteiger partial charge in [0.05, 0.1) is 24.9 Å². The molecule has 0 atom stereocenters. The minimum absolute atomic E-state index is 0.256. The van der Waals surface area contributed by atoms with E-state index in [1.165, 1.54) is 26.4 Å². The SMILES string of the molecule is COc1cc(NC(=O)C(=O)Nc2cccc(Cl)c2C)c(OC)cc1Cl. The average molecular weight is 383 g/mol. The maximum Gasteiger partial charge on any atom is 0.314 e. The van der Waals surface area contributed by atoms with Gasteiger partial charge in [-0.25, -0.2) is 0 Å². The zero-order valence-electron chi connectivity index (χ0n) is 13.8. The summed E-state index contributed by atoms with van der Waals surface area (Å²) in [5.74, 6) is -1.09. The van der Waals surface area contributed by atoms with E-state index in [0.717, 1.165) is 0 Å². The Balaban J connectivity index is 2.19. The van der Waals surface area contributed by atoms with Crippen LogP contribution in [0.2, 0.25) is 10.0 Å². The highest BCUT2D eigenvalue weighted by molar-refractivity contribution is 6.44. The molecule has 0 aliphatic carbocycles. The summed E-state index contributed by atoms with van der Waals surface area (Å²) in [6, 6.07) is 7.97. The molecule has 2 amide bonds. The van der Waals surface area contributed by atoms with Gasteiger partial charge in [0.1, 0.15) is 11.5 Å². The lowest BCUT2D eigenvalue weighted by Crippen LogP contribution is -2.29. The topological polar surface area (TPSA) is 76.7 Å². The Morgan fingerprint density at radius 1 is 0.880 bits per heavy atom. The van der Waals surface area contributed by atoms with Gasteiger partial charge in [0.25, 0.3) is 0 Å². The minimum atomic E-state index is -0.873. The smallest absolute Gasteiger partial charge is 0.314 e. The largest absolute Gasteiger partial charge is 0.495 e. The van der Waals surface area contributed by atoms with Crippen molar-refractivity contribution in [3.05, 3.63) is 45.9 Å². The number of nitrogens with one attached hydrogen (secondary N) is 2. The molecule has 0 aromatic heterocycles. The van der Waals surface area contributed by atoms with Gasteiger partial charge < -0.3 is 20.1 Å². The van der Waals surface area contributed by atoms with E-state index < -0.39 is 11.8 Å².